The molecule has 0 radical (unpaired) electrons. The molecule has 0 aromatic rings. The molecule has 15 heavy (non-hydrogen) atoms. The molecule has 1 aliphatic rings. The average Bonchev–Trinajstić information content (AvgIpc) is 2.17. The minimum atomic E-state index is 0.00824. The largest absolute Gasteiger partial charge is 0.383 e. The summed E-state index contributed by atoms with van der Waals surface area (Å²) < 4.78 is 5.30. The lowest BCUT2D eigenvalue weighted by atomic mass is 9.88. The van der Waals surface area contributed by atoms with Gasteiger partial charge in [0, 0.05) is 19.7 Å². The van der Waals surface area contributed by atoms with Crippen LogP contribution in [0.5, 0.6) is 0 Å². The maximum absolute atomic E-state index is 5.90. The van der Waals surface area contributed by atoms with Gasteiger partial charge < -0.3 is 10.5 Å². The zero-order chi connectivity index (χ0) is 11.5. The summed E-state index contributed by atoms with van der Waals surface area (Å²) in [6.45, 7) is 9.40. The molecule has 1 rings (SSSR count). The van der Waals surface area contributed by atoms with Gasteiger partial charge in [-0.3, -0.25) is 4.90 Å². The highest BCUT2D eigenvalue weighted by Gasteiger charge is 2.36. The van der Waals surface area contributed by atoms with Crippen LogP contribution in [0.2, 0.25) is 0 Å². The minimum Gasteiger partial charge on any atom is -0.383 e. The highest BCUT2D eigenvalue weighted by atomic mass is 16.5. The first-order valence-electron chi connectivity index (χ1n) is 5.99. The van der Waals surface area contributed by atoms with Gasteiger partial charge in [-0.15, -0.1) is 0 Å². The second-order valence-electron chi connectivity index (χ2n) is 5.31. The summed E-state index contributed by atoms with van der Waals surface area (Å²) in [7, 11) is 1.76. The number of nitrogens with two attached hydrogens (primary N) is 1. The number of hydrogen-bond donors (Lipinski definition) is 1. The van der Waals surface area contributed by atoms with Gasteiger partial charge in [-0.1, -0.05) is 6.92 Å². The first kappa shape index (κ1) is 12.9. The molecule has 1 heterocycles. The summed E-state index contributed by atoms with van der Waals surface area (Å²) in [5.74, 6) is 0.848. The van der Waals surface area contributed by atoms with Crippen molar-refractivity contribution in [1.82, 2.24) is 4.90 Å². The molecule has 3 atom stereocenters. The van der Waals surface area contributed by atoms with E-state index < -0.39 is 0 Å². The van der Waals surface area contributed by atoms with Gasteiger partial charge in [-0.25, -0.2) is 0 Å². The molecule has 0 aromatic carbocycles. The first-order valence-corrected chi connectivity index (χ1v) is 5.99. The molecule has 1 aliphatic heterocycles. The Bertz CT molecular complexity index is 198. The summed E-state index contributed by atoms with van der Waals surface area (Å²) in [5.41, 5.74) is 5.91. The van der Waals surface area contributed by atoms with Crippen molar-refractivity contribution in [2.45, 2.75) is 45.2 Å². The van der Waals surface area contributed by atoms with E-state index in [0.717, 1.165) is 19.1 Å². The molecule has 0 amide bonds. The molecular weight excluding hydrogens is 188 g/mol. The zero-order valence-electron chi connectivity index (χ0n) is 10.6. The van der Waals surface area contributed by atoms with Gasteiger partial charge in [0.1, 0.15) is 0 Å². The number of ether oxygens (including phenoxy) is 1. The van der Waals surface area contributed by atoms with Gasteiger partial charge in [0.05, 0.1) is 12.1 Å². The van der Waals surface area contributed by atoms with E-state index in [1.807, 2.05) is 0 Å². The highest BCUT2D eigenvalue weighted by Crippen LogP contribution is 2.28. The lowest BCUT2D eigenvalue weighted by Gasteiger charge is -2.47. The number of hydrogen-bond acceptors (Lipinski definition) is 3. The summed E-state index contributed by atoms with van der Waals surface area (Å²) >= 11 is 0. The average molecular weight is 214 g/mol. The maximum Gasteiger partial charge on any atom is 0.0656 e. The number of methoxy groups -OCH3 is 1. The second-order valence-corrected chi connectivity index (χ2v) is 5.31. The Hall–Kier alpha value is -0.120. The molecule has 90 valence electrons. The smallest absolute Gasteiger partial charge is 0.0656 e. The Kier molecular flexibility index (Phi) is 4.56. The number of piperidine rings is 1. The van der Waals surface area contributed by atoms with E-state index in [9.17, 15) is 0 Å². The van der Waals surface area contributed by atoms with Crippen LogP contribution in [0.1, 0.15) is 33.6 Å². The topological polar surface area (TPSA) is 38.5 Å². The van der Waals surface area contributed by atoms with Crippen molar-refractivity contribution < 1.29 is 4.74 Å². The molecule has 3 unspecified atom stereocenters. The highest BCUT2D eigenvalue weighted by molar-refractivity contribution is 4.92. The van der Waals surface area contributed by atoms with Gasteiger partial charge in [0.25, 0.3) is 0 Å². The van der Waals surface area contributed by atoms with Crippen molar-refractivity contribution in [2.24, 2.45) is 11.7 Å². The lowest BCUT2D eigenvalue weighted by Crippen LogP contribution is -2.60. The Morgan fingerprint density at radius 1 is 1.47 bits per heavy atom. The van der Waals surface area contributed by atoms with E-state index in [1.54, 1.807) is 7.11 Å². The van der Waals surface area contributed by atoms with Gasteiger partial charge in [0.15, 0.2) is 0 Å². The van der Waals surface area contributed by atoms with Crippen LogP contribution in [0, 0.1) is 5.92 Å². The lowest BCUT2D eigenvalue weighted by molar-refractivity contribution is -0.0212. The van der Waals surface area contributed by atoms with E-state index in [4.69, 9.17) is 10.5 Å². The molecule has 0 saturated carbocycles. The molecule has 2 N–H and O–H groups in total. The molecule has 1 fully saturated rings. The van der Waals surface area contributed by atoms with Crippen LogP contribution in [-0.2, 0) is 4.74 Å². The van der Waals surface area contributed by atoms with Crippen LogP contribution >= 0.6 is 0 Å². The van der Waals surface area contributed by atoms with Gasteiger partial charge in [0.2, 0.25) is 0 Å². The molecule has 0 aliphatic carbocycles. The Balaban J connectivity index is 2.67. The minimum absolute atomic E-state index is 0.00824. The van der Waals surface area contributed by atoms with E-state index in [2.05, 4.69) is 25.7 Å². The molecule has 3 heteroatoms. The van der Waals surface area contributed by atoms with Crippen LogP contribution in [0.15, 0.2) is 0 Å². The van der Waals surface area contributed by atoms with Crippen molar-refractivity contribution in [2.75, 3.05) is 26.8 Å². The molecule has 0 spiro atoms. The van der Waals surface area contributed by atoms with Crippen LogP contribution < -0.4 is 5.73 Å². The van der Waals surface area contributed by atoms with E-state index in [0.29, 0.717) is 12.6 Å². The first-order chi connectivity index (χ1) is 7.03. The van der Waals surface area contributed by atoms with E-state index in [1.165, 1.54) is 12.8 Å². The van der Waals surface area contributed by atoms with Crippen LogP contribution in [-0.4, -0.2) is 43.3 Å². The Labute approximate surface area is 94.0 Å². The molecule has 0 aromatic heterocycles. The fraction of sp³-hybridized carbons (Fsp3) is 1.00. The summed E-state index contributed by atoms with van der Waals surface area (Å²) in [6.07, 6.45) is 2.56. The van der Waals surface area contributed by atoms with E-state index in [-0.39, 0.29) is 5.54 Å². The predicted octanol–water partition coefficient (Wildman–Crippen LogP) is 1.47. The third-order valence-corrected chi connectivity index (χ3v) is 3.73. The van der Waals surface area contributed by atoms with Gasteiger partial charge >= 0.3 is 0 Å². The molecule has 0 bridgehead atoms. The third kappa shape index (κ3) is 2.92. The number of rotatable bonds is 4. The van der Waals surface area contributed by atoms with Crippen molar-refractivity contribution >= 4 is 0 Å². The monoisotopic (exact) mass is 214 g/mol. The van der Waals surface area contributed by atoms with Crippen LogP contribution in [0.4, 0.5) is 0 Å². The second kappa shape index (κ2) is 5.28. The Morgan fingerprint density at radius 3 is 2.60 bits per heavy atom. The number of nitrogens with zero attached hydrogens (tertiary/aromatic N) is 1. The fourth-order valence-electron chi connectivity index (χ4n) is 2.78. The molecule has 3 nitrogen and oxygen atoms in total. The quantitative estimate of drug-likeness (QED) is 0.770. The standard InChI is InChI=1S/C12H26N2O/c1-10-5-6-14(11(2)7-10)12(3,8-13)9-15-4/h10-11H,5-9,13H2,1-4H3. The Morgan fingerprint density at radius 2 is 2.13 bits per heavy atom. The summed E-state index contributed by atoms with van der Waals surface area (Å²) in [6, 6.07) is 0.623. The fourth-order valence-corrected chi connectivity index (χ4v) is 2.78. The number of likely N-dealkylation sites (tertiary alicyclic amines) is 1. The summed E-state index contributed by atoms with van der Waals surface area (Å²) in [4.78, 5) is 2.52. The predicted molar refractivity (Wildman–Crippen MR) is 63.9 cm³/mol. The van der Waals surface area contributed by atoms with Gasteiger partial charge in [-0.05, 0) is 39.2 Å². The molecule has 1 saturated heterocycles. The zero-order valence-corrected chi connectivity index (χ0v) is 10.6. The summed E-state index contributed by atoms with van der Waals surface area (Å²) in [5, 5.41) is 0. The van der Waals surface area contributed by atoms with Crippen molar-refractivity contribution in [1.29, 1.82) is 0 Å². The van der Waals surface area contributed by atoms with Crippen molar-refractivity contribution in [3.63, 3.8) is 0 Å². The normalized spacial score (nSPS) is 32.6. The third-order valence-electron chi connectivity index (χ3n) is 3.73. The maximum atomic E-state index is 5.90. The van der Waals surface area contributed by atoms with Crippen molar-refractivity contribution in [3.8, 4) is 0 Å². The van der Waals surface area contributed by atoms with E-state index >= 15 is 0 Å². The van der Waals surface area contributed by atoms with Crippen LogP contribution in [0.3, 0.4) is 0 Å². The van der Waals surface area contributed by atoms with Crippen molar-refractivity contribution in [3.05, 3.63) is 0 Å². The van der Waals surface area contributed by atoms with Crippen LogP contribution in [0.25, 0.3) is 0 Å². The SMILES string of the molecule is COCC(C)(CN)N1CCC(C)CC1C. The van der Waals surface area contributed by atoms with Gasteiger partial charge in [-0.2, -0.15) is 0 Å². The molecular formula is C12H26N2O.